The number of fused-ring (bicyclic) bond motifs is 1. The number of benzene rings is 2. The lowest BCUT2D eigenvalue weighted by atomic mass is 9.97. The maximum atomic E-state index is 12.9. The third-order valence-corrected chi connectivity index (χ3v) is 4.87. The number of amides is 1. The Bertz CT molecular complexity index is 963. The maximum absolute atomic E-state index is 12.9. The number of nitro groups is 1. The number of carbonyl (C=O) groups is 1. The van der Waals surface area contributed by atoms with Gasteiger partial charge in [-0.05, 0) is 31.0 Å². The van der Waals surface area contributed by atoms with Crippen molar-refractivity contribution in [2.45, 2.75) is 33.2 Å². The Labute approximate surface area is 157 Å². The number of imidazole rings is 1. The number of aromatic amines is 1. The first kappa shape index (κ1) is 18.6. The molecule has 7 heteroatoms. The summed E-state index contributed by atoms with van der Waals surface area (Å²) in [5, 5.41) is 14.4. The van der Waals surface area contributed by atoms with Crippen molar-refractivity contribution in [2.24, 2.45) is 5.92 Å². The van der Waals surface area contributed by atoms with Crippen molar-refractivity contribution in [2.75, 3.05) is 0 Å². The zero-order chi connectivity index (χ0) is 19.6. The van der Waals surface area contributed by atoms with Gasteiger partial charge < -0.3 is 10.3 Å². The van der Waals surface area contributed by atoms with E-state index in [-0.39, 0.29) is 23.2 Å². The second-order valence-corrected chi connectivity index (χ2v) is 6.70. The predicted molar refractivity (Wildman–Crippen MR) is 104 cm³/mol. The lowest BCUT2D eigenvalue weighted by Gasteiger charge is -2.22. The van der Waals surface area contributed by atoms with E-state index in [0.717, 1.165) is 17.5 Å². The number of aromatic nitrogens is 2. The molecular formula is C20H22N4O3. The SMILES string of the molecule is CCC(C)C(NC(=O)c1cccc(C)c1[N+](=O)[O-])c1nc2ccccc2[nH]1. The minimum absolute atomic E-state index is 0.0596. The summed E-state index contributed by atoms with van der Waals surface area (Å²) in [5.41, 5.74) is 2.05. The highest BCUT2D eigenvalue weighted by atomic mass is 16.6. The van der Waals surface area contributed by atoms with E-state index in [0.29, 0.717) is 11.4 Å². The van der Waals surface area contributed by atoms with Gasteiger partial charge in [0.05, 0.1) is 22.0 Å². The van der Waals surface area contributed by atoms with Crippen LogP contribution in [0, 0.1) is 23.0 Å². The number of aryl methyl sites for hydroxylation is 1. The van der Waals surface area contributed by atoms with Gasteiger partial charge >= 0.3 is 0 Å². The first-order valence-corrected chi connectivity index (χ1v) is 8.91. The highest BCUT2D eigenvalue weighted by Gasteiger charge is 2.28. The Morgan fingerprint density at radius 2 is 2.00 bits per heavy atom. The summed E-state index contributed by atoms with van der Waals surface area (Å²) < 4.78 is 0. The van der Waals surface area contributed by atoms with Crippen LogP contribution in [-0.4, -0.2) is 20.8 Å². The maximum Gasteiger partial charge on any atom is 0.285 e. The summed E-state index contributed by atoms with van der Waals surface area (Å²) in [6.07, 6.45) is 0.817. The van der Waals surface area contributed by atoms with Crippen molar-refractivity contribution in [3.8, 4) is 0 Å². The molecule has 0 bridgehead atoms. The highest BCUT2D eigenvalue weighted by Crippen LogP contribution is 2.27. The van der Waals surface area contributed by atoms with Crippen molar-refractivity contribution in [3.05, 3.63) is 69.5 Å². The average Bonchev–Trinajstić information content (AvgIpc) is 3.08. The van der Waals surface area contributed by atoms with Crippen molar-refractivity contribution in [1.82, 2.24) is 15.3 Å². The van der Waals surface area contributed by atoms with Crippen molar-refractivity contribution in [3.63, 3.8) is 0 Å². The number of nitrogens with one attached hydrogen (secondary N) is 2. The lowest BCUT2D eigenvalue weighted by Crippen LogP contribution is -2.33. The van der Waals surface area contributed by atoms with Gasteiger partial charge in [-0.15, -0.1) is 0 Å². The van der Waals surface area contributed by atoms with Crippen LogP contribution in [-0.2, 0) is 0 Å². The highest BCUT2D eigenvalue weighted by molar-refractivity contribution is 5.98. The van der Waals surface area contributed by atoms with Crippen molar-refractivity contribution >= 4 is 22.6 Å². The smallest absolute Gasteiger partial charge is 0.285 e. The molecule has 140 valence electrons. The summed E-state index contributed by atoms with van der Waals surface area (Å²) >= 11 is 0. The van der Waals surface area contributed by atoms with Gasteiger partial charge in [0.1, 0.15) is 11.4 Å². The lowest BCUT2D eigenvalue weighted by molar-refractivity contribution is -0.385. The molecule has 1 amide bonds. The molecule has 3 rings (SSSR count). The molecule has 0 saturated carbocycles. The minimum atomic E-state index is -0.510. The number of carbonyl (C=O) groups excluding carboxylic acids is 1. The number of H-pyrrole nitrogens is 1. The van der Waals surface area contributed by atoms with E-state index in [2.05, 4.69) is 15.3 Å². The third-order valence-electron chi connectivity index (χ3n) is 4.87. The second kappa shape index (κ2) is 7.57. The van der Waals surface area contributed by atoms with Crippen molar-refractivity contribution < 1.29 is 9.72 Å². The standard InChI is InChI=1S/C20H22N4O3/c1-4-12(2)17(19-21-15-10-5-6-11-16(15)22-19)23-20(25)14-9-7-8-13(3)18(14)24(26)27/h5-12,17H,4H2,1-3H3,(H,21,22)(H,23,25). The Morgan fingerprint density at radius 1 is 1.26 bits per heavy atom. The van der Waals surface area contributed by atoms with E-state index in [1.165, 1.54) is 6.07 Å². The van der Waals surface area contributed by atoms with E-state index in [1.807, 2.05) is 38.1 Å². The largest absolute Gasteiger partial charge is 0.342 e. The molecular weight excluding hydrogens is 344 g/mol. The molecule has 0 aliphatic rings. The average molecular weight is 366 g/mol. The molecule has 0 aliphatic heterocycles. The molecule has 7 nitrogen and oxygen atoms in total. The molecule has 0 radical (unpaired) electrons. The van der Waals surface area contributed by atoms with Crippen LogP contribution in [0.25, 0.3) is 11.0 Å². The first-order valence-electron chi connectivity index (χ1n) is 8.91. The van der Waals surface area contributed by atoms with Crippen molar-refractivity contribution in [1.29, 1.82) is 0 Å². The van der Waals surface area contributed by atoms with Gasteiger partial charge in [0.15, 0.2) is 0 Å². The summed E-state index contributed by atoms with van der Waals surface area (Å²) in [6.45, 7) is 5.67. The Kier molecular flexibility index (Phi) is 5.21. The Balaban J connectivity index is 1.97. The Hall–Kier alpha value is -3.22. The molecule has 0 aliphatic carbocycles. The molecule has 3 aromatic rings. The monoisotopic (exact) mass is 366 g/mol. The fourth-order valence-electron chi connectivity index (χ4n) is 3.14. The topological polar surface area (TPSA) is 101 Å². The van der Waals surface area contributed by atoms with Crippen LogP contribution < -0.4 is 5.32 Å². The minimum Gasteiger partial charge on any atom is -0.342 e. The molecule has 2 atom stereocenters. The van der Waals surface area contributed by atoms with Gasteiger partial charge in [0.25, 0.3) is 11.6 Å². The van der Waals surface area contributed by atoms with Gasteiger partial charge in [-0.25, -0.2) is 4.98 Å². The first-order chi connectivity index (χ1) is 12.9. The van der Waals surface area contributed by atoms with Crippen LogP contribution in [0.3, 0.4) is 0 Å². The molecule has 1 heterocycles. The number of para-hydroxylation sites is 3. The number of hydrogen-bond acceptors (Lipinski definition) is 4. The number of nitro benzene ring substituents is 1. The zero-order valence-electron chi connectivity index (χ0n) is 15.5. The van der Waals surface area contributed by atoms with Crippen LogP contribution in [0.5, 0.6) is 0 Å². The molecule has 2 unspecified atom stereocenters. The second-order valence-electron chi connectivity index (χ2n) is 6.70. The van der Waals surface area contributed by atoms with E-state index < -0.39 is 10.8 Å². The fraction of sp³-hybridized carbons (Fsp3) is 0.300. The van der Waals surface area contributed by atoms with Crippen LogP contribution >= 0.6 is 0 Å². The van der Waals surface area contributed by atoms with E-state index in [1.54, 1.807) is 19.1 Å². The molecule has 0 fully saturated rings. The number of rotatable bonds is 6. The molecule has 0 saturated heterocycles. The van der Waals surface area contributed by atoms with Gasteiger partial charge in [-0.2, -0.15) is 0 Å². The van der Waals surface area contributed by atoms with Gasteiger partial charge in [0.2, 0.25) is 0 Å². The predicted octanol–water partition coefficient (Wildman–Crippen LogP) is 4.30. The molecule has 2 aromatic carbocycles. The van der Waals surface area contributed by atoms with Crippen LogP contribution in [0.2, 0.25) is 0 Å². The van der Waals surface area contributed by atoms with Gasteiger partial charge in [0, 0.05) is 5.56 Å². The Morgan fingerprint density at radius 3 is 2.67 bits per heavy atom. The summed E-state index contributed by atoms with van der Waals surface area (Å²) in [5.74, 6) is 0.267. The van der Waals surface area contributed by atoms with Crippen LogP contribution in [0.15, 0.2) is 42.5 Å². The molecule has 2 N–H and O–H groups in total. The summed E-state index contributed by atoms with van der Waals surface area (Å²) in [4.78, 5) is 31.6. The van der Waals surface area contributed by atoms with E-state index in [9.17, 15) is 14.9 Å². The fourth-order valence-corrected chi connectivity index (χ4v) is 3.14. The number of hydrogen-bond donors (Lipinski definition) is 2. The third kappa shape index (κ3) is 3.67. The van der Waals surface area contributed by atoms with Gasteiger partial charge in [-0.3, -0.25) is 14.9 Å². The zero-order valence-corrected chi connectivity index (χ0v) is 15.5. The summed E-state index contributed by atoms with van der Waals surface area (Å²) in [7, 11) is 0. The van der Waals surface area contributed by atoms with Crippen LogP contribution in [0.4, 0.5) is 5.69 Å². The van der Waals surface area contributed by atoms with Gasteiger partial charge in [-0.1, -0.05) is 44.5 Å². The van der Waals surface area contributed by atoms with E-state index in [4.69, 9.17) is 0 Å². The summed E-state index contributed by atoms with van der Waals surface area (Å²) in [6, 6.07) is 12.0. The quantitative estimate of drug-likeness (QED) is 0.502. The van der Waals surface area contributed by atoms with E-state index >= 15 is 0 Å². The molecule has 27 heavy (non-hydrogen) atoms. The molecule has 1 aromatic heterocycles. The number of nitrogens with zero attached hydrogens (tertiary/aromatic N) is 2. The molecule has 0 spiro atoms. The van der Waals surface area contributed by atoms with Crippen LogP contribution in [0.1, 0.15) is 48.1 Å². The normalized spacial score (nSPS) is 13.3.